The summed E-state index contributed by atoms with van der Waals surface area (Å²) in [5.74, 6) is 1.74. The molecule has 5 aromatic rings. The minimum absolute atomic E-state index is 0.667. The Labute approximate surface area is 159 Å². The first-order valence-electron chi connectivity index (χ1n) is 8.61. The van der Waals surface area contributed by atoms with Gasteiger partial charge in [0.25, 0.3) is 0 Å². The average Bonchev–Trinajstić information content (AvgIpc) is 3.35. The Morgan fingerprint density at radius 2 is 1.67 bits per heavy atom. The van der Waals surface area contributed by atoms with Crippen molar-refractivity contribution in [2.75, 3.05) is 7.11 Å². The van der Waals surface area contributed by atoms with Crippen LogP contribution in [0.5, 0.6) is 5.75 Å². The van der Waals surface area contributed by atoms with Gasteiger partial charge in [0.1, 0.15) is 5.75 Å². The average molecular weight is 372 g/mol. The quantitative estimate of drug-likeness (QED) is 0.456. The predicted molar refractivity (Wildman–Crippen MR) is 108 cm³/mol. The normalized spacial score (nSPS) is 11.3. The lowest BCUT2D eigenvalue weighted by molar-refractivity contribution is 0.414. The van der Waals surface area contributed by atoms with Crippen molar-refractivity contribution in [3.8, 4) is 16.5 Å². The maximum atomic E-state index is 5.27. The summed E-state index contributed by atoms with van der Waals surface area (Å²) in [6.07, 6.45) is 0. The molecule has 0 aliphatic rings. The number of hydrogen-bond acceptors (Lipinski definition) is 5. The number of fused-ring (bicyclic) bond motifs is 2. The molecule has 0 spiro atoms. The molecule has 0 saturated heterocycles. The second-order valence-corrected chi connectivity index (χ2v) is 7.15. The minimum atomic E-state index is 0.667. The van der Waals surface area contributed by atoms with Crippen molar-refractivity contribution in [2.24, 2.45) is 0 Å². The van der Waals surface area contributed by atoms with Gasteiger partial charge in [0.05, 0.1) is 29.6 Å². The molecule has 0 aliphatic carbocycles. The van der Waals surface area contributed by atoms with Crippen LogP contribution >= 0.6 is 11.3 Å². The number of ether oxygens (including phenoxy) is 1. The summed E-state index contributed by atoms with van der Waals surface area (Å²) in [5, 5.41) is 2.06. The van der Waals surface area contributed by atoms with E-state index in [-0.39, 0.29) is 0 Å². The van der Waals surface area contributed by atoms with Gasteiger partial charge in [-0.2, -0.15) is 0 Å². The highest BCUT2D eigenvalue weighted by Crippen LogP contribution is 2.29. The van der Waals surface area contributed by atoms with Gasteiger partial charge >= 0.3 is 0 Å². The molecular formula is C21H16N4OS. The molecule has 0 fully saturated rings. The van der Waals surface area contributed by atoms with Crippen molar-refractivity contribution in [3.63, 3.8) is 0 Å². The van der Waals surface area contributed by atoms with Crippen molar-refractivity contribution in [1.29, 1.82) is 0 Å². The highest BCUT2D eigenvalue weighted by Gasteiger charge is 2.17. The summed E-state index contributed by atoms with van der Waals surface area (Å²) >= 11 is 1.67. The topological polar surface area (TPSA) is 52.8 Å². The third-order valence-corrected chi connectivity index (χ3v) is 5.36. The van der Waals surface area contributed by atoms with E-state index in [1.54, 1.807) is 18.4 Å². The molecule has 27 heavy (non-hydrogen) atoms. The number of nitrogens with zero attached hydrogens (tertiary/aromatic N) is 4. The molecule has 0 saturated carbocycles. The number of methoxy groups -OCH3 is 1. The lowest BCUT2D eigenvalue weighted by atomic mass is 10.2. The monoisotopic (exact) mass is 372 g/mol. The predicted octanol–water partition coefficient (Wildman–Crippen LogP) is 4.76. The van der Waals surface area contributed by atoms with Crippen LogP contribution in [0.2, 0.25) is 0 Å². The van der Waals surface area contributed by atoms with Crippen LogP contribution in [0.15, 0.2) is 66.0 Å². The SMILES string of the molecule is COc1ccc(Cn2c(-c3cccs3)nc3nc4ccccc4nc32)cc1. The molecule has 3 heterocycles. The van der Waals surface area contributed by atoms with Gasteiger partial charge < -0.3 is 9.30 Å². The first-order chi connectivity index (χ1) is 13.3. The van der Waals surface area contributed by atoms with E-state index in [0.29, 0.717) is 12.2 Å². The first kappa shape index (κ1) is 16.0. The van der Waals surface area contributed by atoms with Crippen molar-refractivity contribution < 1.29 is 4.74 Å². The van der Waals surface area contributed by atoms with Crippen LogP contribution in [-0.4, -0.2) is 26.6 Å². The third kappa shape index (κ3) is 2.84. The van der Waals surface area contributed by atoms with E-state index in [2.05, 4.69) is 28.1 Å². The highest BCUT2D eigenvalue weighted by atomic mass is 32.1. The van der Waals surface area contributed by atoms with E-state index in [4.69, 9.17) is 19.7 Å². The first-order valence-corrected chi connectivity index (χ1v) is 9.49. The van der Waals surface area contributed by atoms with Crippen molar-refractivity contribution in [2.45, 2.75) is 6.54 Å². The number of rotatable bonds is 4. The number of aromatic nitrogens is 4. The fourth-order valence-electron chi connectivity index (χ4n) is 3.16. The van der Waals surface area contributed by atoms with Crippen LogP contribution in [0.25, 0.3) is 33.0 Å². The molecule has 2 aromatic carbocycles. The Hall–Kier alpha value is -3.25. The second kappa shape index (κ2) is 6.48. The van der Waals surface area contributed by atoms with Crippen LogP contribution in [0.3, 0.4) is 0 Å². The van der Waals surface area contributed by atoms with Gasteiger partial charge in [0.15, 0.2) is 17.1 Å². The summed E-state index contributed by atoms with van der Waals surface area (Å²) in [7, 11) is 1.67. The van der Waals surface area contributed by atoms with Crippen molar-refractivity contribution >= 4 is 33.7 Å². The molecule has 0 bridgehead atoms. The van der Waals surface area contributed by atoms with E-state index in [9.17, 15) is 0 Å². The molecule has 0 radical (unpaired) electrons. The van der Waals surface area contributed by atoms with E-state index in [1.807, 2.05) is 42.5 Å². The number of imidazole rings is 1. The molecule has 0 N–H and O–H groups in total. The van der Waals surface area contributed by atoms with Crippen molar-refractivity contribution in [1.82, 2.24) is 19.5 Å². The van der Waals surface area contributed by atoms with Gasteiger partial charge in [-0.3, -0.25) is 0 Å². The second-order valence-electron chi connectivity index (χ2n) is 6.21. The van der Waals surface area contributed by atoms with E-state index < -0.39 is 0 Å². The number of para-hydroxylation sites is 2. The van der Waals surface area contributed by atoms with Crippen LogP contribution in [0, 0.1) is 0 Å². The molecule has 0 amide bonds. The molecule has 0 aliphatic heterocycles. The Balaban J connectivity index is 1.71. The van der Waals surface area contributed by atoms with Crippen LogP contribution in [0.4, 0.5) is 0 Å². The standard InChI is InChI=1S/C21H16N4OS/c1-26-15-10-8-14(9-11-15)13-25-20(18-7-4-12-27-18)24-19-21(25)23-17-6-3-2-5-16(17)22-19/h2-12H,13H2,1H3. The molecule has 5 rings (SSSR count). The van der Waals surface area contributed by atoms with E-state index >= 15 is 0 Å². The molecular weight excluding hydrogens is 356 g/mol. The van der Waals surface area contributed by atoms with Gasteiger partial charge in [-0.15, -0.1) is 11.3 Å². The lowest BCUT2D eigenvalue weighted by Gasteiger charge is -2.09. The Bertz CT molecular complexity index is 1230. The Morgan fingerprint density at radius 3 is 2.37 bits per heavy atom. The smallest absolute Gasteiger partial charge is 0.198 e. The summed E-state index contributed by atoms with van der Waals surface area (Å²) in [5.41, 5.74) is 4.36. The van der Waals surface area contributed by atoms with Gasteiger partial charge in [-0.25, -0.2) is 15.0 Å². The van der Waals surface area contributed by atoms with Crippen LogP contribution in [0.1, 0.15) is 5.56 Å². The Kier molecular flexibility index (Phi) is 3.83. The zero-order valence-electron chi connectivity index (χ0n) is 14.7. The van der Waals surface area contributed by atoms with Crippen LogP contribution < -0.4 is 4.74 Å². The largest absolute Gasteiger partial charge is 0.497 e. The molecule has 0 atom stereocenters. The maximum Gasteiger partial charge on any atom is 0.198 e. The molecule has 3 aromatic heterocycles. The van der Waals surface area contributed by atoms with Crippen LogP contribution in [-0.2, 0) is 6.54 Å². The molecule has 132 valence electrons. The summed E-state index contributed by atoms with van der Waals surface area (Å²) in [6, 6.07) is 20.1. The highest BCUT2D eigenvalue weighted by molar-refractivity contribution is 7.13. The molecule has 5 nitrogen and oxygen atoms in total. The summed E-state index contributed by atoms with van der Waals surface area (Å²) in [6.45, 7) is 0.667. The number of thiophene rings is 1. The van der Waals surface area contributed by atoms with Gasteiger partial charge in [-0.1, -0.05) is 30.3 Å². The molecule has 6 heteroatoms. The third-order valence-electron chi connectivity index (χ3n) is 4.50. The van der Waals surface area contributed by atoms with E-state index in [1.165, 1.54) is 0 Å². The van der Waals surface area contributed by atoms with E-state index in [0.717, 1.165) is 38.7 Å². The fraction of sp³-hybridized carbons (Fsp3) is 0.0952. The number of benzene rings is 2. The maximum absolute atomic E-state index is 5.27. The number of hydrogen-bond donors (Lipinski definition) is 0. The zero-order chi connectivity index (χ0) is 18.2. The zero-order valence-corrected chi connectivity index (χ0v) is 15.5. The van der Waals surface area contributed by atoms with Gasteiger partial charge in [0, 0.05) is 0 Å². The Morgan fingerprint density at radius 1 is 0.889 bits per heavy atom. The van der Waals surface area contributed by atoms with Gasteiger partial charge in [0.2, 0.25) is 0 Å². The fourth-order valence-corrected chi connectivity index (χ4v) is 3.88. The van der Waals surface area contributed by atoms with Crippen molar-refractivity contribution in [3.05, 3.63) is 71.6 Å². The summed E-state index contributed by atoms with van der Waals surface area (Å²) < 4.78 is 7.41. The molecule has 0 unspecified atom stereocenters. The summed E-state index contributed by atoms with van der Waals surface area (Å²) in [4.78, 5) is 15.5. The lowest BCUT2D eigenvalue weighted by Crippen LogP contribution is -2.03. The minimum Gasteiger partial charge on any atom is -0.497 e. The van der Waals surface area contributed by atoms with Gasteiger partial charge in [-0.05, 0) is 41.3 Å².